The van der Waals surface area contributed by atoms with E-state index in [4.69, 9.17) is 16.7 Å². The quantitative estimate of drug-likeness (QED) is 0.711. The lowest BCUT2D eigenvalue weighted by Gasteiger charge is -2.36. The Morgan fingerprint density at radius 3 is 2.34 bits per heavy atom. The van der Waals surface area contributed by atoms with Crippen LogP contribution in [0.5, 0.6) is 0 Å². The number of aliphatic hydroxyl groups is 1. The minimum absolute atomic E-state index is 0.120. The van der Waals surface area contributed by atoms with Crippen LogP contribution in [0.15, 0.2) is 47.5 Å². The Balaban J connectivity index is 1.62. The number of amides is 2. The third-order valence-corrected chi connectivity index (χ3v) is 6.41. The van der Waals surface area contributed by atoms with Crippen molar-refractivity contribution in [1.82, 2.24) is 14.7 Å². The van der Waals surface area contributed by atoms with E-state index in [2.05, 4.69) is 4.90 Å². The van der Waals surface area contributed by atoms with E-state index >= 15 is 0 Å². The van der Waals surface area contributed by atoms with E-state index in [1.165, 1.54) is 16.2 Å². The van der Waals surface area contributed by atoms with Gasteiger partial charge in [-0.25, -0.2) is 0 Å². The van der Waals surface area contributed by atoms with Gasteiger partial charge in [-0.15, -0.1) is 11.3 Å². The van der Waals surface area contributed by atoms with Gasteiger partial charge in [0.05, 0.1) is 18.7 Å². The van der Waals surface area contributed by atoms with E-state index in [0.717, 1.165) is 23.5 Å². The molecule has 0 bridgehead atoms. The molecular weight excluding hydrogens is 410 g/mol. The summed E-state index contributed by atoms with van der Waals surface area (Å²) in [4.78, 5) is 32.9. The van der Waals surface area contributed by atoms with Crippen LogP contribution in [0, 0.1) is 0 Å². The van der Waals surface area contributed by atoms with E-state index in [1.807, 2.05) is 34.5 Å². The first-order valence-corrected chi connectivity index (χ1v) is 10.8. The van der Waals surface area contributed by atoms with Gasteiger partial charge in [0.15, 0.2) is 0 Å². The van der Waals surface area contributed by atoms with E-state index in [9.17, 15) is 9.59 Å². The van der Waals surface area contributed by atoms with Crippen molar-refractivity contribution in [1.29, 1.82) is 0 Å². The lowest BCUT2D eigenvalue weighted by Crippen LogP contribution is -2.48. The van der Waals surface area contributed by atoms with Gasteiger partial charge >= 0.3 is 0 Å². The van der Waals surface area contributed by atoms with Crippen molar-refractivity contribution in [2.75, 3.05) is 39.3 Å². The summed E-state index contributed by atoms with van der Waals surface area (Å²) >= 11 is 7.42. The number of imide groups is 1. The van der Waals surface area contributed by atoms with Crippen molar-refractivity contribution < 1.29 is 14.7 Å². The molecule has 3 heterocycles. The molecule has 0 radical (unpaired) electrons. The number of nitrogens with zero attached hydrogens (tertiary/aromatic N) is 3. The molecule has 1 N–H and O–H groups in total. The molecular formula is C21H22ClN3O3S. The van der Waals surface area contributed by atoms with Crippen LogP contribution in [0.25, 0.3) is 5.57 Å². The van der Waals surface area contributed by atoms with E-state index in [0.29, 0.717) is 35.9 Å². The topological polar surface area (TPSA) is 64.1 Å². The Morgan fingerprint density at radius 2 is 1.72 bits per heavy atom. The predicted octanol–water partition coefficient (Wildman–Crippen LogP) is 2.29. The predicted molar refractivity (Wildman–Crippen MR) is 113 cm³/mol. The second-order valence-electron chi connectivity index (χ2n) is 7.08. The van der Waals surface area contributed by atoms with Gasteiger partial charge in [-0.05, 0) is 29.1 Å². The van der Waals surface area contributed by atoms with Gasteiger partial charge in [-0.2, -0.15) is 0 Å². The number of carbonyl (C=O) groups excluding carboxylic acids is 2. The minimum atomic E-state index is -0.250. The highest BCUT2D eigenvalue weighted by atomic mass is 35.5. The van der Waals surface area contributed by atoms with Crippen LogP contribution in [0.3, 0.4) is 0 Å². The molecule has 8 heteroatoms. The molecule has 2 aliphatic heterocycles. The van der Waals surface area contributed by atoms with Crippen LogP contribution in [-0.2, 0) is 16.1 Å². The number of piperazine rings is 1. The molecule has 152 valence electrons. The van der Waals surface area contributed by atoms with Gasteiger partial charge in [0.25, 0.3) is 11.8 Å². The molecule has 2 amide bonds. The van der Waals surface area contributed by atoms with Crippen molar-refractivity contribution >= 4 is 40.3 Å². The summed E-state index contributed by atoms with van der Waals surface area (Å²) in [5.41, 5.74) is 1.85. The standard InChI is InChI=1S/C21H22ClN3O3S/c22-16-5-3-15(4-6-16)14-25-20(27)18(17-2-1-13-29-17)19(21(25)28)24-9-7-23(8-10-24)11-12-26/h1-6,13,26H,7-12,14H2. The Kier molecular flexibility index (Phi) is 6.01. The lowest BCUT2D eigenvalue weighted by molar-refractivity contribution is -0.138. The highest BCUT2D eigenvalue weighted by molar-refractivity contribution is 7.11. The fourth-order valence-electron chi connectivity index (χ4n) is 3.75. The maximum absolute atomic E-state index is 13.3. The molecule has 1 aromatic heterocycles. The summed E-state index contributed by atoms with van der Waals surface area (Å²) < 4.78 is 0. The number of aliphatic hydroxyl groups excluding tert-OH is 1. The van der Waals surface area contributed by atoms with Gasteiger partial charge in [0.2, 0.25) is 0 Å². The van der Waals surface area contributed by atoms with Gasteiger partial charge in [-0.1, -0.05) is 29.8 Å². The number of benzene rings is 1. The van der Waals surface area contributed by atoms with Crippen LogP contribution in [-0.4, -0.2) is 71.0 Å². The van der Waals surface area contributed by atoms with E-state index < -0.39 is 0 Å². The molecule has 2 aliphatic rings. The van der Waals surface area contributed by atoms with Crippen LogP contribution in [0.4, 0.5) is 0 Å². The Hall–Kier alpha value is -2.19. The second kappa shape index (κ2) is 8.67. The Bertz CT molecular complexity index is 919. The zero-order chi connectivity index (χ0) is 20.4. The van der Waals surface area contributed by atoms with Crippen molar-refractivity contribution in [2.45, 2.75) is 6.54 Å². The fourth-order valence-corrected chi connectivity index (χ4v) is 4.64. The van der Waals surface area contributed by atoms with Gasteiger partial charge in [0.1, 0.15) is 5.70 Å². The average molecular weight is 432 g/mol. The van der Waals surface area contributed by atoms with E-state index in [1.54, 1.807) is 12.1 Å². The summed E-state index contributed by atoms with van der Waals surface area (Å²) in [5.74, 6) is -0.496. The van der Waals surface area contributed by atoms with Crippen molar-refractivity contribution in [2.24, 2.45) is 0 Å². The van der Waals surface area contributed by atoms with E-state index in [-0.39, 0.29) is 25.0 Å². The number of hydrogen-bond donors (Lipinski definition) is 1. The molecule has 0 aliphatic carbocycles. The van der Waals surface area contributed by atoms with Gasteiger partial charge in [-0.3, -0.25) is 19.4 Å². The number of carbonyl (C=O) groups is 2. The van der Waals surface area contributed by atoms with Crippen LogP contribution in [0.2, 0.25) is 5.02 Å². The Labute approximate surface area is 178 Å². The summed E-state index contributed by atoms with van der Waals surface area (Å²) in [6.07, 6.45) is 0. The molecule has 1 aromatic carbocycles. The van der Waals surface area contributed by atoms with Crippen molar-refractivity contribution in [3.63, 3.8) is 0 Å². The molecule has 4 rings (SSSR count). The number of β-amino-alcohol motifs (C(OH)–C–C–N with tert-alkyl or cyclic N) is 1. The van der Waals surface area contributed by atoms with Crippen LogP contribution < -0.4 is 0 Å². The molecule has 0 spiro atoms. The summed E-state index contributed by atoms with van der Waals surface area (Å²) in [7, 11) is 0. The summed E-state index contributed by atoms with van der Waals surface area (Å²) in [6, 6.07) is 11.0. The first-order valence-electron chi connectivity index (χ1n) is 9.55. The van der Waals surface area contributed by atoms with Crippen LogP contribution in [0.1, 0.15) is 10.4 Å². The smallest absolute Gasteiger partial charge is 0.278 e. The Morgan fingerprint density at radius 1 is 1.00 bits per heavy atom. The zero-order valence-corrected chi connectivity index (χ0v) is 17.5. The molecule has 1 saturated heterocycles. The summed E-state index contributed by atoms with van der Waals surface area (Å²) in [5, 5.41) is 11.7. The maximum Gasteiger partial charge on any atom is 0.278 e. The first kappa shape index (κ1) is 20.1. The molecule has 0 atom stereocenters. The summed E-state index contributed by atoms with van der Waals surface area (Å²) in [6.45, 7) is 3.77. The average Bonchev–Trinajstić information content (AvgIpc) is 3.33. The molecule has 0 saturated carbocycles. The first-order chi connectivity index (χ1) is 14.1. The molecule has 2 aromatic rings. The largest absolute Gasteiger partial charge is 0.395 e. The molecule has 0 unspecified atom stereocenters. The van der Waals surface area contributed by atoms with Crippen LogP contribution >= 0.6 is 22.9 Å². The highest BCUT2D eigenvalue weighted by Gasteiger charge is 2.42. The second-order valence-corrected chi connectivity index (χ2v) is 8.46. The highest BCUT2D eigenvalue weighted by Crippen LogP contribution is 2.35. The third kappa shape index (κ3) is 4.09. The normalized spacial score (nSPS) is 18.3. The molecule has 29 heavy (non-hydrogen) atoms. The van der Waals surface area contributed by atoms with Crippen molar-refractivity contribution in [3.8, 4) is 0 Å². The van der Waals surface area contributed by atoms with Crippen molar-refractivity contribution in [3.05, 3.63) is 62.9 Å². The molecule has 6 nitrogen and oxygen atoms in total. The maximum atomic E-state index is 13.3. The number of hydrogen-bond acceptors (Lipinski definition) is 6. The lowest BCUT2D eigenvalue weighted by atomic mass is 10.1. The van der Waals surface area contributed by atoms with Gasteiger partial charge < -0.3 is 10.0 Å². The zero-order valence-electron chi connectivity index (χ0n) is 15.9. The SMILES string of the molecule is O=C1C(c2cccs2)=C(N2CCN(CCO)CC2)C(=O)N1Cc1ccc(Cl)cc1. The van der Waals surface area contributed by atoms with Gasteiger partial charge in [0, 0.05) is 42.6 Å². The number of halogens is 1. The number of thiophene rings is 1. The third-order valence-electron chi connectivity index (χ3n) is 5.27. The monoisotopic (exact) mass is 431 g/mol. The fraction of sp³-hybridized carbons (Fsp3) is 0.333. The number of rotatable bonds is 6. The minimum Gasteiger partial charge on any atom is -0.395 e. The molecule has 1 fully saturated rings.